The highest BCUT2D eigenvalue weighted by atomic mass is 16.4. The molecule has 1 aliphatic rings. The van der Waals surface area contributed by atoms with Gasteiger partial charge >= 0.3 is 5.97 Å². The van der Waals surface area contributed by atoms with Crippen molar-refractivity contribution in [2.24, 2.45) is 7.05 Å². The molecule has 2 aromatic heterocycles. The van der Waals surface area contributed by atoms with Crippen LogP contribution in [0.5, 0.6) is 0 Å². The third kappa shape index (κ3) is 5.81. The average molecular weight is 497 g/mol. The molecular weight excluding hydrogens is 464 g/mol. The smallest absolute Gasteiger partial charge is 0.307 e. The molecule has 0 saturated carbocycles. The van der Waals surface area contributed by atoms with E-state index in [0.717, 1.165) is 41.3 Å². The molecule has 8 nitrogen and oxygen atoms in total. The minimum absolute atomic E-state index is 0.0442. The zero-order valence-electron chi connectivity index (χ0n) is 21.1. The van der Waals surface area contributed by atoms with Crippen LogP contribution in [-0.4, -0.2) is 45.0 Å². The van der Waals surface area contributed by atoms with Crippen molar-refractivity contribution < 1.29 is 9.90 Å². The van der Waals surface area contributed by atoms with Gasteiger partial charge in [-0.05, 0) is 28.7 Å². The Hall–Kier alpha value is -4.17. The number of hydrogen-bond donors (Lipinski definition) is 4. The fourth-order valence-corrected chi connectivity index (χ4v) is 4.80. The minimum atomic E-state index is -0.814. The lowest BCUT2D eigenvalue weighted by Gasteiger charge is -2.35. The molecule has 2 aromatic carbocycles. The standard InChI is InChI=1S/C29H32N6O2/c1-19(21-10-8-20(9-11-21)12-27(36)37)14-31-28(22-6-4-3-5-7-22)26-17-30-25-13-23(15-32-29(25)34-26)24-16-33-35(2)18-24/h3-11,13,15-16,18-19,26,28,30-31H,12,14,17H2,1-2H3,(H,32,34)(H,36,37)/t19?,26-,28-/m1/s1. The summed E-state index contributed by atoms with van der Waals surface area (Å²) in [5.41, 5.74) is 6.25. The van der Waals surface area contributed by atoms with E-state index < -0.39 is 5.97 Å². The molecule has 190 valence electrons. The maximum Gasteiger partial charge on any atom is 0.307 e. The molecule has 4 N–H and O–H groups in total. The van der Waals surface area contributed by atoms with Gasteiger partial charge in [0.05, 0.1) is 30.4 Å². The molecule has 3 atom stereocenters. The fraction of sp³-hybridized carbons (Fsp3) is 0.276. The molecule has 5 rings (SSSR count). The number of carboxylic acid groups (broad SMARTS) is 1. The Labute approximate surface area is 216 Å². The van der Waals surface area contributed by atoms with Crippen molar-refractivity contribution >= 4 is 17.5 Å². The Balaban J connectivity index is 1.30. The maximum absolute atomic E-state index is 11.0. The summed E-state index contributed by atoms with van der Waals surface area (Å²) >= 11 is 0. The molecular formula is C29H32N6O2. The quantitative estimate of drug-likeness (QED) is 0.271. The van der Waals surface area contributed by atoms with Crippen LogP contribution in [0.3, 0.4) is 0 Å². The van der Waals surface area contributed by atoms with Crippen LogP contribution in [0.25, 0.3) is 11.1 Å². The van der Waals surface area contributed by atoms with Gasteiger partial charge in [-0.2, -0.15) is 5.10 Å². The van der Waals surface area contributed by atoms with Crippen molar-refractivity contribution in [3.63, 3.8) is 0 Å². The van der Waals surface area contributed by atoms with E-state index in [9.17, 15) is 4.79 Å². The highest BCUT2D eigenvalue weighted by molar-refractivity contribution is 5.75. The number of nitrogens with zero attached hydrogens (tertiary/aromatic N) is 3. The van der Waals surface area contributed by atoms with Crippen LogP contribution in [0.15, 0.2) is 79.3 Å². The van der Waals surface area contributed by atoms with E-state index in [2.05, 4.69) is 58.3 Å². The maximum atomic E-state index is 11.0. The average Bonchev–Trinajstić information content (AvgIpc) is 3.35. The predicted octanol–water partition coefficient (Wildman–Crippen LogP) is 4.45. The molecule has 3 heterocycles. The van der Waals surface area contributed by atoms with E-state index in [4.69, 9.17) is 10.1 Å². The van der Waals surface area contributed by atoms with Gasteiger partial charge in [0, 0.05) is 43.7 Å². The topological polar surface area (TPSA) is 104 Å². The second-order valence-corrected chi connectivity index (χ2v) is 9.66. The second kappa shape index (κ2) is 10.8. The third-order valence-corrected chi connectivity index (χ3v) is 6.87. The van der Waals surface area contributed by atoms with E-state index in [1.165, 1.54) is 11.1 Å². The number of nitrogens with one attached hydrogen (secondary N) is 3. The number of anilines is 2. The Kier molecular flexibility index (Phi) is 7.18. The molecule has 1 unspecified atom stereocenters. The van der Waals surface area contributed by atoms with E-state index in [1.807, 2.05) is 56.0 Å². The van der Waals surface area contributed by atoms with Crippen LogP contribution < -0.4 is 16.0 Å². The first-order valence-corrected chi connectivity index (χ1v) is 12.5. The largest absolute Gasteiger partial charge is 0.481 e. The summed E-state index contributed by atoms with van der Waals surface area (Å²) in [4.78, 5) is 15.7. The fourth-order valence-electron chi connectivity index (χ4n) is 4.80. The molecule has 0 radical (unpaired) electrons. The molecule has 0 bridgehead atoms. The minimum Gasteiger partial charge on any atom is -0.481 e. The number of benzene rings is 2. The van der Waals surface area contributed by atoms with Gasteiger partial charge in [0.2, 0.25) is 0 Å². The Morgan fingerprint density at radius 2 is 1.89 bits per heavy atom. The van der Waals surface area contributed by atoms with Gasteiger partial charge < -0.3 is 21.1 Å². The number of aromatic nitrogens is 3. The van der Waals surface area contributed by atoms with Crippen molar-refractivity contribution in [2.45, 2.75) is 31.3 Å². The monoisotopic (exact) mass is 496 g/mol. The van der Waals surface area contributed by atoms with Crippen LogP contribution in [0.4, 0.5) is 11.5 Å². The zero-order chi connectivity index (χ0) is 25.8. The SMILES string of the molecule is CC(CN[C@H](c1ccccc1)[C@H]1CNc2cc(-c3cnn(C)c3)cnc2N1)c1ccc(CC(=O)O)cc1. The molecule has 0 amide bonds. The van der Waals surface area contributed by atoms with Crippen LogP contribution in [0.1, 0.15) is 35.6 Å². The van der Waals surface area contributed by atoms with Gasteiger partial charge in [-0.3, -0.25) is 9.48 Å². The van der Waals surface area contributed by atoms with Crippen molar-refractivity contribution in [1.29, 1.82) is 0 Å². The normalized spacial score (nSPS) is 16.2. The molecule has 37 heavy (non-hydrogen) atoms. The van der Waals surface area contributed by atoms with E-state index >= 15 is 0 Å². The molecule has 4 aromatic rings. The van der Waals surface area contributed by atoms with Crippen molar-refractivity contribution in [3.8, 4) is 11.1 Å². The Morgan fingerprint density at radius 1 is 1.11 bits per heavy atom. The summed E-state index contributed by atoms with van der Waals surface area (Å²) in [6, 6.07) is 20.6. The number of carboxylic acids is 1. The molecule has 1 aliphatic heterocycles. The second-order valence-electron chi connectivity index (χ2n) is 9.66. The summed E-state index contributed by atoms with van der Waals surface area (Å²) in [5, 5.41) is 24.3. The number of fused-ring (bicyclic) bond motifs is 1. The number of aliphatic carboxylic acids is 1. The Morgan fingerprint density at radius 3 is 2.59 bits per heavy atom. The van der Waals surface area contributed by atoms with Crippen LogP contribution in [-0.2, 0) is 18.3 Å². The Bertz CT molecular complexity index is 1350. The van der Waals surface area contributed by atoms with E-state index in [1.54, 1.807) is 4.68 Å². The van der Waals surface area contributed by atoms with Crippen molar-refractivity contribution in [2.75, 3.05) is 23.7 Å². The predicted molar refractivity (Wildman–Crippen MR) is 146 cm³/mol. The van der Waals surface area contributed by atoms with Crippen LogP contribution >= 0.6 is 0 Å². The van der Waals surface area contributed by atoms with E-state index in [-0.39, 0.29) is 24.4 Å². The summed E-state index contributed by atoms with van der Waals surface area (Å²) in [7, 11) is 1.91. The molecule has 8 heteroatoms. The lowest BCUT2D eigenvalue weighted by Crippen LogP contribution is -2.45. The number of pyridine rings is 1. The number of rotatable bonds is 9. The summed E-state index contributed by atoms with van der Waals surface area (Å²) in [6.07, 6.45) is 5.76. The van der Waals surface area contributed by atoms with E-state index in [0.29, 0.717) is 0 Å². The zero-order valence-corrected chi connectivity index (χ0v) is 21.1. The highest BCUT2D eigenvalue weighted by Gasteiger charge is 2.28. The van der Waals surface area contributed by atoms with Crippen molar-refractivity contribution in [1.82, 2.24) is 20.1 Å². The van der Waals surface area contributed by atoms with Gasteiger partial charge in [-0.1, -0.05) is 61.5 Å². The van der Waals surface area contributed by atoms with Gasteiger partial charge in [-0.25, -0.2) is 4.98 Å². The summed E-state index contributed by atoms with van der Waals surface area (Å²) < 4.78 is 1.79. The third-order valence-electron chi connectivity index (χ3n) is 6.87. The molecule has 0 aliphatic carbocycles. The molecule has 0 saturated heterocycles. The molecule has 0 fully saturated rings. The van der Waals surface area contributed by atoms with Gasteiger partial charge in [0.15, 0.2) is 0 Å². The van der Waals surface area contributed by atoms with Crippen LogP contribution in [0.2, 0.25) is 0 Å². The number of hydrogen-bond acceptors (Lipinski definition) is 6. The summed E-state index contributed by atoms with van der Waals surface area (Å²) in [6.45, 7) is 3.71. The van der Waals surface area contributed by atoms with Gasteiger partial charge in [0.25, 0.3) is 0 Å². The first kappa shape index (κ1) is 24.5. The number of carbonyl (C=O) groups is 1. The van der Waals surface area contributed by atoms with Gasteiger partial charge in [-0.15, -0.1) is 0 Å². The first-order valence-electron chi connectivity index (χ1n) is 12.5. The first-order chi connectivity index (χ1) is 18.0. The lowest BCUT2D eigenvalue weighted by atomic mass is 9.95. The summed E-state index contributed by atoms with van der Waals surface area (Å²) in [5.74, 6) is 0.286. The van der Waals surface area contributed by atoms with Crippen LogP contribution in [0, 0.1) is 0 Å². The molecule has 0 spiro atoms. The van der Waals surface area contributed by atoms with Gasteiger partial charge in [0.1, 0.15) is 5.82 Å². The highest BCUT2D eigenvalue weighted by Crippen LogP contribution is 2.32. The lowest BCUT2D eigenvalue weighted by molar-refractivity contribution is -0.136. The van der Waals surface area contributed by atoms with Crippen molar-refractivity contribution in [3.05, 3.63) is 95.9 Å². The number of aryl methyl sites for hydroxylation is 1.